The van der Waals surface area contributed by atoms with Gasteiger partial charge in [-0.15, -0.1) is 0 Å². The average Bonchev–Trinajstić information content (AvgIpc) is 2.25. The van der Waals surface area contributed by atoms with Gasteiger partial charge in [-0.3, -0.25) is 0 Å². The third kappa shape index (κ3) is 3.24. The van der Waals surface area contributed by atoms with Crippen LogP contribution in [-0.4, -0.2) is 36.4 Å². The molecule has 6 heteroatoms. The fourth-order valence-corrected chi connectivity index (χ4v) is 2.24. The molecule has 1 rings (SSSR count). The van der Waals surface area contributed by atoms with Crippen molar-refractivity contribution >= 4 is 9.84 Å². The van der Waals surface area contributed by atoms with Crippen molar-refractivity contribution in [1.29, 1.82) is 0 Å². The highest BCUT2D eigenvalue weighted by atomic mass is 32.2. The summed E-state index contributed by atoms with van der Waals surface area (Å²) in [4.78, 5) is 7.81. The molecule has 0 aromatic carbocycles. The molecule has 16 heavy (non-hydrogen) atoms. The zero-order valence-electron chi connectivity index (χ0n) is 9.71. The molecule has 1 heterocycles. The molecular weight excluding hydrogens is 226 g/mol. The lowest BCUT2D eigenvalue weighted by atomic mass is 10.1. The molecule has 0 bridgehead atoms. The number of hydrogen-bond donors (Lipinski definition) is 1. The highest BCUT2D eigenvalue weighted by Gasteiger charge is 2.26. The van der Waals surface area contributed by atoms with Crippen LogP contribution in [0, 0.1) is 0 Å². The zero-order valence-corrected chi connectivity index (χ0v) is 10.5. The molecule has 0 aliphatic carbocycles. The molecule has 2 atom stereocenters. The summed E-state index contributed by atoms with van der Waals surface area (Å²) in [5, 5.41) is 2.64. The Morgan fingerprint density at radius 3 is 2.38 bits per heavy atom. The molecule has 1 aromatic heterocycles. The van der Waals surface area contributed by atoms with Crippen molar-refractivity contribution in [2.45, 2.75) is 25.1 Å². The predicted octanol–water partition coefficient (Wildman–Crippen LogP) is 0.560. The van der Waals surface area contributed by atoms with E-state index in [9.17, 15) is 8.42 Å². The number of sulfone groups is 1. The fourth-order valence-electron chi connectivity index (χ4n) is 1.49. The number of nitrogens with zero attached hydrogens (tertiary/aromatic N) is 2. The molecule has 0 amide bonds. The van der Waals surface area contributed by atoms with E-state index in [1.807, 2.05) is 6.92 Å². The quantitative estimate of drug-likeness (QED) is 0.818. The zero-order chi connectivity index (χ0) is 12.2. The maximum atomic E-state index is 11.5. The Bertz CT molecular complexity index is 419. The Hall–Kier alpha value is -1.01. The van der Waals surface area contributed by atoms with Gasteiger partial charge in [0, 0.05) is 24.2 Å². The van der Waals surface area contributed by atoms with Crippen LogP contribution in [0.2, 0.25) is 0 Å². The molecule has 0 radical (unpaired) electrons. The summed E-state index contributed by atoms with van der Waals surface area (Å²) in [5.74, 6) is 0. The molecule has 2 unspecified atom stereocenters. The van der Waals surface area contributed by atoms with Crippen LogP contribution in [0.4, 0.5) is 0 Å². The molecule has 5 nitrogen and oxygen atoms in total. The Labute approximate surface area is 96.2 Å². The molecule has 90 valence electrons. The Kier molecular flexibility index (Phi) is 4.37. The summed E-state index contributed by atoms with van der Waals surface area (Å²) in [7, 11) is -3.09. The maximum Gasteiger partial charge on any atom is 0.151 e. The van der Waals surface area contributed by atoms with Crippen LogP contribution in [0.15, 0.2) is 18.7 Å². The fraction of sp³-hybridized carbons (Fsp3) is 0.600. The number of nitrogens with one attached hydrogen (secondary N) is 1. The first kappa shape index (κ1) is 13.1. The van der Waals surface area contributed by atoms with Gasteiger partial charge >= 0.3 is 0 Å². The van der Waals surface area contributed by atoms with Crippen LogP contribution in [0.25, 0.3) is 0 Å². The maximum absolute atomic E-state index is 11.5. The van der Waals surface area contributed by atoms with Crippen molar-refractivity contribution in [3.05, 3.63) is 24.3 Å². The summed E-state index contributed by atoms with van der Waals surface area (Å²) in [6, 6.07) is -0.263. The lowest BCUT2D eigenvalue weighted by Gasteiger charge is -2.23. The molecular formula is C10H17N3O2S. The van der Waals surface area contributed by atoms with Crippen molar-refractivity contribution in [2.24, 2.45) is 0 Å². The highest BCUT2D eigenvalue weighted by Crippen LogP contribution is 2.20. The largest absolute Gasteiger partial charge is 0.309 e. The number of hydrogen-bond acceptors (Lipinski definition) is 5. The number of rotatable bonds is 5. The summed E-state index contributed by atoms with van der Waals surface area (Å²) in [5.41, 5.74) is 0.794. The third-order valence-corrected chi connectivity index (χ3v) is 4.13. The summed E-state index contributed by atoms with van der Waals surface area (Å²) in [6.45, 7) is 4.32. The summed E-state index contributed by atoms with van der Waals surface area (Å²) < 4.78 is 23.1. The van der Waals surface area contributed by atoms with E-state index in [-0.39, 0.29) is 6.04 Å². The van der Waals surface area contributed by atoms with E-state index >= 15 is 0 Å². The van der Waals surface area contributed by atoms with Gasteiger partial charge in [-0.05, 0) is 13.5 Å². The second-order valence-electron chi connectivity index (χ2n) is 3.74. The molecule has 0 aliphatic heterocycles. The molecule has 0 fully saturated rings. The first-order valence-corrected chi connectivity index (χ1v) is 7.09. The standard InChI is InChI=1S/C10H17N3O2S/c1-4-13-10(8(2)16(3,14)15)9-5-11-7-12-6-9/h5-8,10,13H,4H2,1-3H3. The van der Waals surface area contributed by atoms with E-state index in [0.29, 0.717) is 6.54 Å². The monoisotopic (exact) mass is 243 g/mol. The van der Waals surface area contributed by atoms with Crippen LogP contribution in [0.3, 0.4) is 0 Å². The molecule has 0 saturated carbocycles. The Morgan fingerprint density at radius 2 is 1.94 bits per heavy atom. The van der Waals surface area contributed by atoms with Crippen LogP contribution in [0.5, 0.6) is 0 Å². The second-order valence-corrected chi connectivity index (χ2v) is 6.14. The summed E-state index contributed by atoms with van der Waals surface area (Å²) in [6.07, 6.45) is 5.95. The topological polar surface area (TPSA) is 72.0 Å². The first-order chi connectivity index (χ1) is 7.46. The highest BCUT2D eigenvalue weighted by molar-refractivity contribution is 7.91. The predicted molar refractivity (Wildman–Crippen MR) is 62.8 cm³/mol. The molecule has 1 N–H and O–H groups in total. The van der Waals surface area contributed by atoms with E-state index in [1.165, 1.54) is 12.6 Å². The Morgan fingerprint density at radius 1 is 1.38 bits per heavy atom. The minimum Gasteiger partial charge on any atom is -0.309 e. The lowest BCUT2D eigenvalue weighted by molar-refractivity contribution is 0.510. The second kappa shape index (κ2) is 5.36. The van der Waals surface area contributed by atoms with Crippen LogP contribution in [-0.2, 0) is 9.84 Å². The van der Waals surface area contributed by atoms with Gasteiger partial charge in [0.25, 0.3) is 0 Å². The van der Waals surface area contributed by atoms with Crippen molar-refractivity contribution in [2.75, 3.05) is 12.8 Å². The average molecular weight is 243 g/mol. The van der Waals surface area contributed by atoms with Crippen molar-refractivity contribution in [3.63, 3.8) is 0 Å². The minimum absolute atomic E-state index is 0.263. The van der Waals surface area contributed by atoms with Gasteiger partial charge < -0.3 is 5.32 Å². The van der Waals surface area contributed by atoms with Gasteiger partial charge in [0.2, 0.25) is 0 Å². The van der Waals surface area contributed by atoms with Crippen LogP contribution in [0.1, 0.15) is 25.5 Å². The normalized spacial score (nSPS) is 15.7. The number of aromatic nitrogens is 2. The van der Waals surface area contributed by atoms with Crippen molar-refractivity contribution in [3.8, 4) is 0 Å². The van der Waals surface area contributed by atoms with Gasteiger partial charge in [0.05, 0.1) is 11.3 Å². The molecule has 0 saturated heterocycles. The molecule has 1 aromatic rings. The van der Waals surface area contributed by atoms with Crippen molar-refractivity contribution < 1.29 is 8.42 Å². The SMILES string of the molecule is CCNC(c1cncnc1)C(C)S(C)(=O)=O. The smallest absolute Gasteiger partial charge is 0.151 e. The van der Waals surface area contributed by atoms with E-state index in [1.54, 1.807) is 19.3 Å². The van der Waals surface area contributed by atoms with Crippen LogP contribution < -0.4 is 5.32 Å². The molecule has 0 spiro atoms. The van der Waals surface area contributed by atoms with Gasteiger partial charge in [-0.25, -0.2) is 18.4 Å². The summed E-state index contributed by atoms with van der Waals surface area (Å²) >= 11 is 0. The van der Waals surface area contributed by atoms with E-state index in [4.69, 9.17) is 0 Å². The van der Waals surface area contributed by atoms with E-state index < -0.39 is 15.1 Å². The first-order valence-electron chi connectivity index (χ1n) is 5.14. The van der Waals surface area contributed by atoms with Gasteiger partial charge in [0.15, 0.2) is 9.84 Å². The minimum atomic E-state index is -3.09. The van der Waals surface area contributed by atoms with E-state index in [2.05, 4.69) is 15.3 Å². The van der Waals surface area contributed by atoms with E-state index in [0.717, 1.165) is 5.56 Å². The van der Waals surface area contributed by atoms with Gasteiger partial charge in [-0.1, -0.05) is 6.92 Å². The third-order valence-electron chi connectivity index (χ3n) is 2.51. The van der Waals surface area contributed by atoms with Crippen LogP contribution >= 0.6 is 0 Å². The van der Waals surface area contributed by atoms with Gasteiger partial charge in [-0.2, -0.15) is 0 Å². The lowest BCUT2D eigenvalue weighted by Crippen LogP contribution is -2.35. The van der Waals surface area contributed by atoms with Gasteiger partial charge in [0.1, 0.15) is 6.33 Å². The van der Waals surface area contributed by atoms with Crippen molar-refractivity contribution in [1.82, 2.24) is 15.3 Å². The Balaban J connectivity index is 3.01. The molecule has 0 aliphatic rings.